The minimum Gasteiger partial charge on any atom is -0.504 e. The molecular formula is C15H17N3O4. The van der Waals surface area contributed by atoms with Gasteiger partial charge in [-0.15, -0.1) is 5.10 Å². The fourth-order valence-corrected chi connectivity index (χ4v) is 2.64. The molecule has 7 nitrogen and oxygen atoms in total. The van der Waals surface area contributed by atoms with Crippen molar-refractivity contribution in [3.05, 3.63) is 24.0 Å². The smallest absolute Gasteiger partial charge is 0.330 e. The summed E-state index contributed by atoms with van der Waals surface area (Å²) >= 11 is 0. The van der Waals surface area contributed by atoms with Crippen LogP contribution in [0.5, 0.6) is 11.5 Å². The van der Waals surface area contributed by atoms with E-state index in [1.807, 2.05) is 0 Å². The molecule has 0 amide bonds. The molecule has 0 fully saturated rings. The first-order valence-electron chi connectivity index (χ1n) is 7.04. The summed E-state index contributed by atoms with van der Waals surface area (Å²) in [6.07, 6.45) is 2.34. The Hall–Kier alpha value is -2.57. The number of ether oxygens (including phenoxy) is 2. The number of esters is 1. The first-order chi connectivity index (χ1) is 10.6. The summed E-state index contributed by atoms with van der Waals surface area (Å²) in [4.78, 5) is 16.4. The lowest BCUT2D eigenvalue weighted by atomic mass is 10.1. The van der Waals surface area contributed by atoms with E-state index in [1.54, 1.807) is 16.8 Å². The third-order valence-electron chi connectivity index (χ3n) is 3.79. The Morgan fingerprint density at radius 2 is 2.23 bits per heavy atom. The van der Waals surface area contributed by atoms with Crippen molar-refractivity contribution in [3.8, 4) is 22.9 Å². The van der Waals surface area contributed by atoms with Gasteiger partial charge in [0.25, 0.3) is 0 Å². The summed E-state index contributed by atoms with van der Waals surface area (Å²) in [7, 11) is 2.86. The van der Waals surface area contributed by atoms with Crippen molar-refractivity contribution in [2.45, 2.75) is 25.3 Å². The van der Waals surface area contributed by atoms with E-state index in [2.05, 4.69) is 10.1 Å². The lowest BCUT2D eigenvalue weighted by molar-refractivity contribution is -0.145. The van der Waals surface area contributed by atoms with E-state index in [9.17, 15) is 9.90 Å². The number of aromatic nitrogens is 3. The highest BCUT2D eigenvalue weighted by molar-refractivity contribution is 5.74. The lowest BCUT2D eigenvalue weighted by Gasteiger charge is -2.20. The van der Waals surface area contributed by atoms with E-state index in [-0.39, 0.29) is 11.7 Å². The highest BCUT2D eigenvalue weighted by atomic mass is 16.5. The molecule has 22 heavy (non-hydrogen) atoms. The van der Waals surface area contributed by atoms with Crippen molar-refractivity contribution in [1.82, 2.24) is 14.8 Å². The maximum absolute atomic E-state index is 11.9. The topological polar surface area (TPSA) is 86.5 Å². The third-order valence-corrected chi connectivity index (χ3v) is 3.79. The van der Waals surface area contributed by atoms with Crippen LogP contribution in [0, 0.1) is 0 Å². The van der Waals surface area contributed by atoms with Gasteiger partial charge in [-0.1, -0.05) is 0 Å². The van der Waals surface area contributed by atoms with Gasteiger partial charge < -0.3 is 14.6 Å². The van der Waals surface area contributed by atoms with Crippen LogP contribution in [-0.4, -0.2) is 40.1 Å². The molecule has 1 unspecified atom stereocenters. The fourth-order valence-electron chi connectivity index (χ4n) is 2.64. The number of rotatable bonds is 3. The zero-order chi connectivity index (χ0) is 15.7. The van der Waals surface area contributed by atoms with E-state index >= 15 is 0 Å². The number of benzene rings is 1. The number of phenolic OH excluding ortho intramolecular Hbond substituents is 1. The minimum absolute atomic E-state index is 0.0580. The van der Waals surface area contributed by atoms with Crippen LogP contribution >= 0.6 is 0 Å². The molecule has 0 aliphatic carbocycles. The number of hydrogen-bond donors (Lipinski definition) is 1. The second-order valence-electron chi connectivity index (χ2n) is 5.11. The lowest BCUT2D eigenvalue weighted by Crippen LogP contribution is -2.27. The first-order valence-corrected chi connectivity index (χ1v) is 7.04. The Balaban J connectivity index is 2.00. The number of hydrogen-bond acceptors (Lipinski definition) is 6. The van der Waals surface area contributed by atoms with E-state index in [1.165, 1.54) is 20.3 Å². The molecule has 2 heterocycles. The third kappa shape index (κ3) is 2.38. The highest BCUT2D eigenvalue weighted by Gasteiger charge is 2.29. The van der Waals surface area contributed by atoms with Crippen LogP contribution in [-0.2, 0) is 16.0 Å². The summed E-state index contributed by atoms with van der Waals surface area (Å²) in [5, 5.41) is 14.1. The molecular weight excluding hydrogens is 286 g/mol. The normalized spacial score (nSPS) is 16.9. The van der Waals surface area contributed by atoms with Gasteiger partial charge in [0.05, 0.1) is 14.2 Å². The fraction of sp³-hybridized carbons (Fsp3) is 0.400. The van der Waals surface area contributed by atoms with Gasteiger partial charge >= 0.3 is 5.97 Å². The summed E-state index contributed by atoms with van der Waals surface area (Å²) in [5.41, 5.74) is 0.722. The molecule has 0 saturated heterocycles. The van der Waals surface area contributed by atoms with Crippen LogP contribution in [0.1, 0.15) is 24.7 Å². The maximum atomic E-state index is 11.9. The SMILES string of the molecule is COC(=O)C1CCCc2nc(-c3ccc(O)c(OC)c3)nn21. The van der Waals surface area contributed by atoms with Gasteiger partial charge in [-0.3, -0.25) is 0 Å². The number of nitrogens with zero attached hydrogens (tertiary/aromatic N) is 3. The molecule has 1 aliphatic rings. The second kappa shape index (κ2) is 5.67. The molecule has 1 aromatic heterocycles. The molecule has 2 aromatic rings. The van der Waals surface area contributed by atoms with Gasteiger partial charge in [-0.05, 0) is 31.0 Å². The molecule has 1 N–H and O–H groups in total. The van der Waals surface area contributed by atoms with Crippen LogP contribution in [0.3, 0.4) is 0 Å². The maximum Gasteiger partial charge on any atom is 0.330 e. The standard InChI is InChI=1S/C15H17N3O4/c1-21-12-8-9(6-7-11(12)19)14-16-13-5-3-4-10(15(20)22-2)18(13)17-14/h6-8,10,19H,3-5H2,1-2H3. The van der Waals surface area contributed by atoms with Crippen molar-refractivity contribution in [1.29, 1.82) is 0 Å². The predicted molar refractivity (Wildman–Crippen MR) is 77.7 cm³/mol. The number of methoxy groups -OCH3 is 2. The van der Waals surface area contributed by atoms with Crippen molar-refractivity contribution < 1.29 is 19.4 Å². The molecule has 1 atom stereocenters. The Morgan fingerprint density at radius 1 is 1.41 bits per heavy atom. The van der Waals surface area contributed by atoms with Crippen molar-refractivity contribution in [3.63, 3.8) is 0 Å². The van der Waals surface area contributed by atoms with Crippen molar-refractivity contribution in [2.75, 3.05) is 14.2 Å². The molecule has 7 heteroatoms. The number of aryl methyl sites for hydroxylation is 1. The summed E-state index contributed by atoms with van der Waals surface area (Å²) in [6, 6.07) is 4.50. The van der Waals surface area contributed by atoms with Crippen LogP contribution < -0.4 is 4.74 Å². The van der Waals surface area contributed by atoms with Gasteiger partial charge in [-0.25, -0.2) is 14.5 Å². The Kier molecular flexibility index (Phi) is 3.70. The van der Waals surface area contributed by atoms with Gasteiger partial charge in [-0.2, -0.15) is 0 Å². The Bertz CT molecular complexity index is 711. The summed E-state index contributed by atoms with van der Waals surface area (Å²) in [5.74, 6) is 1.38. The van der Waals surface area contributed by atoms with Gasteiger partial charge in [0.15, 0.2) is 23.4 Å². The van der Waals surface area contributed by atoms with E-state index in [4.69, 9.17) is 9.47 Å². The highest BCUT2D eigenvalue weighted by Crippen LogP contribution is 2.32. The van der Waals surface area contributed by atoms with Gasteiger partial charge in [0, 0.05) is 12.0 Å². The summed E-state index contributed by atoms with van der Waals surface area (Å²) < 4.78 is 11.6. The van der Waals surface area contributed by atoms with Crippen molar-refractivity contribution in [2.24, 2.45) is 0 Å². The average Bonchev–Trinajstić information content (AvgIpc) is 2.98. The van der Waals surface area contributed by atoms with E-state index < -0.39 is 6.04 Å². The number of aromatic hydroxyl groups is 1. The molecule has 0 radical (unpaired) electrons. The minimum atomic E-state index is -0.422. The van der Waals surface area contributed by atoms with Gasteiger partial charge in [0.1, 0.15) is 5.82 Å². The Labute approximate surface area is 127 Å². The van der Waals surface area contributed by atoms with E-state index in [0.717, 1.165) is 24.2 Å². The summed E-state index contributed by atoms with van der Waals surface area (Å²) in [6.45, 7) is 0. The van der Waals surface area contributed by atoms with E-state index in [0.29, 0.717) is 18.0 Å². The van der Waals surface area contributed by atoms with Crippen LogP contribution in [0.15, 0.2) is 18.2 Å². The van der Waals surface area contributed by atoms with Crippen LogP contribution in [0.25, 0.3) is 11.4 Å². The molecule has 1 aromatic carbocycles. The predicted octanol–water partition coefficient (Wildman–Crippen LogP) is 1.71. The molecule has 0 spiro atoms. The molecule has 3 rings (SSSR count). The second-order valence-corrected chi connectivity index (χ2v) is 5.11. The first kappa shape index (κ1) is 14.4. The molecule has 0 saturated carbocycles. The van der Waals surface area contributed by atoms with Crippen molar-refractivity contribution >= 4 is 5.97 Å². The largest absolute Gasteiger partial charge is 0.504 e. The molecule has 1 aliphatic heterocycles. The van der Waals surface area contributed by atoms with Crippen LogP contribution in [0.4, 0.5) is 0 Å². The zero-order valence-corrected chi connectivity index (χ0v) is 12.4. The monoisotopic (exact) mass is 303 g/mol. The van der Waals surface area contributed by atoms with Crippen LogP contribution in [0.2, 0.25) is 0 Å². The number of carbonyl (C=O) groups excluding carboxylic acids is 1. The Morgan fingerprint density at radius 3 is 2.95 bits per heavy atom. The number of phenols is 1. The molecule has 0 bridgehead atoms. The average molecular weight is 303 g/mol. The number of fused-ring (bicyclic) bond motifs is 1. The molecule has 116 valence electrons. The van der Waals surface area contributed by atoms with Gasteiger partial charge in [0.2, 0.25) is 0 Å². The number of carbonyl (C=O) groups is 1. The zero-order valence-electron chi connectivity index (χ0n) is 12.4. The quantitative estimate of drug-likeness (QED) is 0.869.